The van der Waals surface area contributed by atoms with E-state index < -0.39 is 79.6 Å². The van der Waals surface area contributed by atoms with E-state index in [1.165, 1.54) is 6.92 Å². The van der Waals surface area contributed by atoms with Gasteiger partial charge in [0.05, 0.1) is 25.9 Å². The minimum absolute atomic E-state index is 0.00573. The third-order valence-electron chi connectivity index (χ3n) is 11.6. The molecule has 0 radical (unpaired) electrons. The lowest BCUT2D eigenvalue weighted by Gasteiger charge is -2.36. The van der Waals surface area contributed by atoms with Gasteiger partial charge in [0, 0.05) is 19.3 Å². The van der Waals surface area contributed by atoms with Gasteiger partial charge in [-0.15, -0.1) is 0 Å². The van der Waals surface area contributed by atoms with Crippen LogP contribution in [0.25, 0.3) is 0 Å². The van der Waals surface area contributed by atoms with Gasteiger partial charge in [-0.3, -0.25) is 24.0 Å². The van der Waals surface area contributed by atoms with Crippen LogP contribution in [0.1, 0.15) is 115 Å². The van der Waals surface area contributed by atoms with Crippen LogP contribution in [-0.2, 0) is 43.0 Å². The number of allylic oxidation sites excluding steroid dienone is 20. The van der Waals surface area contributed by atoms with Crippen molar-refractivity contribution < 1.29 is 68.5 Å². The van der Waals surface area contributed by atoms with Crippen LogP contribution in [0.4, 0.5) is 0 Å². The van der Waals surface area contributed by atoms with Gasteiger partial charge in [0.2, 0.25) is 0 Å². The predicted molar refractivity (Wildman–Crippen MR) is 275 cm³/mol. The SMILES string of the molecule is C=C(C)/C=C/C=C(C)/C=C/C1=C(C)C(=O)C(OC(=O)CCC(=O)OCC(O)C(O)C(O)C(O)CO)CC1(C)C.C=C/C=C/C=C(C)/C=C/C=C(C)/C=C/C1=C(C)C(=O)C(OC(=O)CCC(C)=O)CC1(C)C. The maximum atomic E-state index is 13.0. The van der Waals surface area contributed by atoms with Crippen LogP contribution in [0.5, 0.6) is 0 Å². The smallest absolute Gasteiger partial charge is 0.307 e. The summed E-state index contributed by atoms with van der Waals surface area (Å²) in [4.78, 5) is 73.2. The van der Waals surface area contributed by atoms with E-state index in [-0.39, 0.29) is 48.4 Å². The van der Waals surface area contributed by atoms with Crippen molar-refractivity contribution in [2.24, 2.45) is 10.8 Å². The Labute approximate surface area is 420 Å². The van der Waals surface area contributed by atoms with Gasteiger partial charge >= 0.3 is 17.9 Å². The first kappa shape index (κ1) is 63.1. The molecule has 2 aliphatic rings. The van der Waals surface area contributed by atoms with E-state index in [1.807, 2.05) is 134 Å². The molecule has 0 aromatic heterocycles. The zero-order valence-electron chi connectivity index (χ0n) is 43.5. The summed E-state index contributed by atoms with van der Waals surface area (Å²) in [5.41, 5.74) is 6.20. The number of Topliss-reactive ketones (excluding diaryl/α,β-unsaturated/α-hetero) is 3. The number of aliphatic hydroxyl groups is 5. The summed E-state index contributed by atoms with van der Waals surface area (Å²) in [7, 11) is 0. The van der Waals surface area contributed by atoms with Crippen molar-refractivity contribution in [2.45, 2.75) is 151 Å². The third kappa shape index (κ3) is 22.8. The Morgan fingerprint density at radius 1 is 0.620 bits per heavy atom. The molecule has 14 nitrogen and oxygen atoms in total. The van der Waals surface area contributed by atoms with Crippen LogP contribution in [0.2, 0.25) is 0 Å². The molecular formula is C57H78O14. The quantitative estimate of drug-likeness (QED) is 0.0351. The first-order valence-corrected chi connectivity index (χ1v) is 23.6. The van der Waals surface area contributed by atoms with Crippen molar-refractivity contribution in [3.63, 3.8) is 0 Å². The van der Waals surface area contributed by atoms with Crippen molar-refractivity contribution >= 4 is 35.3 Å². The molecule has 0 saturated heterocycles. The molecular weight excluding hydrogens is 909 g/mol. The summed E-state index contributed by atoms with van der Waals surface area (Å²) < 4.78 is 15.6. The number of aliphatic hydroxyl groups excluding tert-OH is 5. The van der Waals surface area contributed by atoms with Crippen molar-refractivity contribution in [3.05, 3.63) is 143 Å². The van der Waals surface area contributed by atoms with Gasteiger partial charge < -0.3 is 44.5 Å². The number of rotatable bonds is 24. The number of hydrogen-bond acceptors (Lipinski definition) is 14. The van der Waals surface area contributed by atoms with Gasteiger partial charge in [-0.25, -0.2) is 0 Å². The second-order valence-corrected chi connectivity index (χ2v) is 19.2. The second kappa shape index (κ2) is 30.8. The Morgan fingerprint density at radius 2 is 1.03 bits per heavy atom. The molecule has 0 aromatic rings. The molecule has 71 heavy (non-hydrogen) atoms. The van der Waals surface area contributed by atoms with Crippen LogP contribution in [0.15, 0.2) is 143 Å². The van der Waals surface area contributed by atoms with Gasteiger partial charge in [-0.05, 0) is 81.6 Å². The maximum absolute atomic E-state index is 13.0. The molecule has 390 valence electrons. The third-order valence-corrected chi connectivity index (χ3v) is 11.6. The molecule has 0 fully saturated rings. The van der Waals surface area contributed by atoms with E-state index in [0.717, 1.165) is 33.4 Å². The zero-order chi connectivity index (χ0) is 54.2. The monoisotopic (exact) mass is 987 g/mol. The van der Waals surface area contributed by atoms with Gasteiger partial charge in [0.1, 0.15) is 36.8 Å². The molecule has 0 amide bonds. The van der Waals surface area contributed by atoms with Crippen molar-refractivity contribution in [2.75, 3.05) is 13.2 Å². The van der Waals surface area contributed by atoms with Crippen LogP contribution in [-0.4, -0.2) is 111 Å². The number of ketones is 3. The van der Waals surface area contributed by atoms with E-state index >= 15 is 0 Å². The molecule has 0 saturated carbocycles. The molecule has 6 unspecified atom stereocenters. The van der Waals surface area contributed by atoms with Crippen molar-refractivity contribution in [1.82, 2.24) is 0 Å². The van der Waals surface area contributed by atoms with E-state index in [2.05, 4.69) is 13.2 Å². The van der Waals surface area contributed by atoms with Gasteiger partial charge in [-0.1, -0.05) is 148 Å². The van der Waals surface area contributed by atoms with Gasteiger partial charge in [0.15, 0.2) is 23.8 Å². The number of hydrogen-bond donors (Lipinski definition) is 5. The maximum Gasteiger partial charge on any atom is 0.307 e. The minimum Gasteiger partial charge on any atom is -0.463 e. The number of esters is 3. The second-order valence-electron chi connectivity index (χ2n) is 19.2. The number of ether oxygens (including phenoxy) is 3. The topological polar surface area (TPSA) is 231 Å². The fraction of sp³-hybridized carbons (Fsp3) is 0.474. The zero-order valence-corrected chi connectivity index (χ0v) is 43.5. The lowest BCUT2D eigenvalue weighted by Crippen LogP contribution is -2.47. The highest BCUT2D eigenvalue weighted by Crippen LogP contribution is 2.42. The largest absolute Gasteiger partial charge is 0.463 e. The van der Waals surface area contributed by atoms with Crippen LogP contribution in [0, 0.1) is 10.8 Å². The van der Waals surface area contributed by atoms with E-state index in [0.29, 0.717) is 17.6 Å². The van der Waals surface area contributed by atoms with Gasteiger partial charge in [0.25, 0.3) is 0 Å². The summed E-state index contributed by atoms with van der Waals surface area (Å²) in [5.74, 6) is -2.70. The Kier molecular flexibility index (Phi) is 27.3. The highest BCUT2D eigenvalue weighted by Gasteiger charge is 2.41. The summed E-state index contributed by atoms with van der Waals surface area (Å²) in [6, 6.07) is 0. The Balaban J connectivity index is 0.000000724. The fourth-order valence-electron chi connectivity index (χ4n) is 7.42. The average molecular weight is 987 g/mol. The summed E-state index contributed by atoms with van der Waals surface area (Å²) in [5, 5.41) is 47.2. The van der Waals surface area contributed by atoms with Crippen molar-refractivity contribution in [3.8, 4) is 0 Å². The molecule has 0 aliphatic heterocycles. The summed E-state index contributed by atoms with van der Waals surface area (Å²) in [6.07, 6.45) is 18.2. The molecule has 2 aliphatic carbocycles. The van der Waals surface area contributed by atoms with Crippen molar-refractivity contribution in [1.29, 1.82) is 0 Å². The molecule has 0 bridgehead atoms. The minimum atomic E-state index is -1.88. The molecule has 6 atom stereocenters. The molecule has 2 rings (SSSR count). The Bertz CT molecular complexity index is 2250. The van der Waals surface area contributed by atoms with Crippen LogP contribution < -0.4 is 0 Å². The van der Waals surface area contributed by atoms with Gasteiger partial charge in [-0.2, -0.15) is 0 Å². The molecule has 5 N–H and O–H groups in total. The first-order chi connectivity index (χ1) is 33.1. The number of carbonyl (C=O) groups excluding carboxylic acids is 6. The molecule has 14 heteroatoms. The predicted octanol–water partition coefficient (Wildman–Crippen LogP) is 7.94. The summed E-state index contributed by atoms with van der Waals surface area (Å²) in [6.45, 7) is 26.7. The lowest BCUT2D eigenvalue weighted by atomic mass is 9.71. The fourth-order valence-corrected chi connectivity index (χ4v) is 7.42. The van der Waals surface area contributed by atoms with Crippen LogP contribution in [0.3, 0.4) is 0 Å². The standard InChI is InChI=1S/C29H42O10.C28H36O4/c1-17(2)8-7-9-18(3)10-11-20-19(4)26(35)23(14-29(20,5)6)39-25(34)13-12-24(33)38-16-22(32)28(37)27(36)21(31)15-30;1-8-9-10-12-20(2)13-11-14-21(3)15-17-24-23(5)27(31)25(19-28(24,6)7)32-26(30)18-16-22(4)29/h7-11,21-23,27-28,30-32,36-37H,1,12-16H2,2-6H3;8-15,17,25H,1,16,18-19H2,2-7H3/b8-7+,11-10+,18-9+;10-9+,13-11+,17-15+,20-12+,21-14+. The molecule has 0 heterocycles. The van der Waals surface area contributed by atoms with Crippen LogP contribution >= 0.6 is 0 Å². The molecule has 0 aromatic carbocycles. The highest BCUT2D eigenvalue weighted by atomic mass is 16.6. The average Bonchev–Trinajstić information content (AvgIpc) is 3.29. The normalized spacial score (nSPS) is 20.6. The first-order valence-electron chi connectivity index (χ1n) is 23.6. The highest BCUT2D eigenvalue weighted by molar-refractivity contribution is 6.02. The van der Waals surface area contributed by atoms with E-state index in [4.69, 9.17) is 19.3 Å². The lowest BCUT2D eigenvalue weighted by molar-refractivity contribution is -0.161. The van der Waals surface area contributed by atoms with E-state index in [9.17, 15) is 49.2 Å². The summed E-state index contributed by atoms with van der Waals surface area (Å²) >= 11 is 0. The number of carbonyl (C=O) groups is 6. The Morgan fingerprint density at radius 3 is 1.46 bits per heavy atom. The van der Waals surface area contributed by atoms with E-state index in [1.54, 1.807) is 19.9 Å². The Hall–Kier alpha value is -5.90. The molecule has 0 spiro atoms.